The van der Waals surface area contributed by atoms with E-state index in [-0.39, 0.29) is 18.6 Å². The minimum absolute atomic E-state index is 0.0368. The number of nitrogens with zero attached hydrogens (tertiary/aromatic N) is 1. The third-order valence-corrected chi connectivity index (χ3v) is 2.97. The van der Waals surface area contributed by atoms with Crippen molar-refractivity contribution in [3.63, 3.8) is 0 Å². The van der Waals surface area contributed by atoms with Crippen LogP contribution >= 0.6 is 0 Å². The lowest BCUT2D eigenvalue weighted by atomic mass is 10.2. The molecule has 1 rings (SSSR count). The molecule has 0 aromatic rings. The predicted molar refractivity (Wildman–Crippen MR) is 70.7 cm³/mol. The van der Waals surface area contributed by atoms with Crippen LogP contribution in [0.3, 0.4) is 0 Å². The van der Waals surface area contributed by atoms with E-state index in [4.69, 9.17) is 4.74 Å². The molecule has 0 radical (unpaired) electrons. The summed E-state index contributed by atoms with van der Waals surface area (Å²) in [5.74, 6) is -0.178. The van der Waals surface area contributed by atoms with Gasteiger partial charge in [-0.2, -0.15) is 0 Å². The number of hydrogen-bond acceptors (Lipinski definition) is 4. The Morgan fingerprint density at radius 2 is 2.11 bits per heavy atom. The maximum Gasteiger partial charge on any atom is 0.408 e. The van der Waals surface area contributed by atoms with Crippen molar-refractivity contribution in [2.45, 2.75) is 58.2 Å². The highest BCUT2D eigenvalue weighted by atomic mass is 16.6. The van der Waals surface area contributed by atoms with Gasteiger partial charge < -0.3 is 20.1 Å². The van der Waals surface area contributed by atoms with Gasteiger partial charge in [0.1, 0.15) is 11.6 Å². The van der Waals surface area contributed by atoms with E-state index in [9.17, 15) is 14.7 Å². The van der Waals surface area contributed by atoms with Crippen LogP contribution in [-0.2, 0) is 9.53 Å². The summed E-state index contributed by atoms with van der Waals surface area (Å²) in [6, 6.07) is -0.780. The third-order valence-electron chi connectivity index (χ3n) is 2.97. The summed E-state index contributed by atoms with van der Waals surface area (Å²) in [6.07, 6.45) is 1.09. The van der Waals surface area contributed by atoms with Crippen molar-refractivity contribution in [3.8, 4) is 0 Å². The van der Waals surface area contributed by atoms with Gasteiger partial charge in [-0.05, 0) is 40.5 Å². The number of alkyl carbamates (subject to hydrolysis) is 1. The van der Waals surface area contributed by atoms with Crippen molar-refractivity contribution in [2.24, 2.45) is 0 Å². The molecule has 1 heterocycles. The first-order chi connectivity index (χ1) is 8.74. The Kier molecular flexibility index (Phi) is 5.17. The number of amides is 2. The van der Waals surface area contributed by atoms with Gasteiger partial charge in [0.05, 0.1) is 12.6 Å². The summed E-state index contributed by atoms with van der Waals surface area (Å²) >= 11 is 0. The Morgan fingerprint density at radius 3 is 2.63 bits per heavy atom. The van der Waals surface area contributed by atoms with E-state index in [2.05, 4.69) is 5.32 Å². The number of ether oxygens (including phenoxy) is 1. The fraction of sp³-hybridized carbons (Fsp3) is 0.846. The summed E-state index contributed by atoms with van der Waals surface area (Å²) in [4.78, 5) is 25.4. The number of aliphatic hydroxyl groups excluding tert-OH is 1. The van der Waals surface area contributed by atoms with Crippen LogP contribution in [0, 0.1) is 0 Å². The summed E-state index contributed by atoms with van der Waals surface area (Å²) in [5, 5.41) is 11.7. The molecular formula is C13H24N2O4. The second kappa shape index (κ2) is 6.23. The van der Waals surface area contributed by atoms with Gasteiger partial charge in [0, 0.05) is 6.54 Å². The number of nitrogens with one attached hydrogen (secondary N) is 1. The molecular weight excluding hydrogens is 248 g/mol. The van der Waals surface area contributed by atoms with Crippen molar-refractivity contribution in [1.29, 1.82) is 0 Å². The van der Waals surface area contributed by atoms with Crippen LogP contribution in [0.2, 0.25) is 0 Å². The van der Waals surface area contributed by atoms with Crippen LogP contribution in [-0.4, -0.2) is 52.8 Å². The molecule has 6 heteroatoms. The second-order valence-electron chi connectivity index (χ2n) is 5.88. The highest BCUT2D eigenvalue weighted by molar-refractivity contribution is 5.85. The van der Waals surface area contributed by atoms with Gasteiger partial charge in [-0.25, -0.2) is 4.79 Å². The number of aliphatic hydroxyl groups is 1. The Morgan fingerprint density at radius 1 is 1.47 bits per heavy atom. The number of carbonyl (C=O) groups excluding carboxylic acids is 2. The second-order valence-corrected chi connectivity index (χ2v) is 5.88. The first-order valence-corrected chi connectivity index (χ1v) is 6.65. The van der Waals surface area contributed by atoms with Crippen LogP contribution in [0.25, 0.3) is 0 Å². The quantitative estimate of drug-likeness (QED) is 0.799. The molecule has 0 unspecified atom stereocenters. The standard InChI is InChI=1S/C13H24N2O4/c1-9(14-12(18)19-13(2,3)4)11(17)15-7-5-6-10(15)8-16/h9-10,16H,5-8H2,1-4H3,(H,14,18)/t9-,10-/m0/s1. The molecule has 1 saturated heterocycles. The minimum atomic E-state index is -0.651. The van der Waals surface area contributed by atoms with Crippen LogP contribution in [0.4, 0.5) is 4.79 Å². The summed E-state index contributed by atoms with van der Waals surface area (Å²) in [5.41, 5.74) is -0.589. The molecule has 2 atom stereocenters. The zero-order valence-electron chi connectivity index (χ0n) is 12.1. The van der Waals surface area contributed by atoms with Crippen molar-refractivity contribution in [2.75, 3.05) is 13.2 Å². The van der Waals surface area contributed by atoms with E-state index in [0.29, 0.717) is 6.54 Å². The average Bonchev–Trinajstić information content (AvgIpc) is 2.72. The summed E-state index contributed by atoms with van der Waals surface area (Å²) in [7, 11) is 0. The van der Waals surface area contributed by atoms with Crippen LogP contribution in [0.5, 0.6) is 0 Å². The number of hydrogen-bond donors (Lipinski definition) is 2. The van der Waals surface area contributed by atoms with Gasteiger partial charge in [-0.1, -0.05) is 0 Å². The van der Waals surface area contributed by atoms with Gasteiger partial charge >= 0.3 is 6.09 Å². The van der Waals surface area contributed by atoms with E-state index >= 15 is 0 Å². The van der Waals surface area contributed by atoms with Crippen molar-refractivity contribution < 1.29 is 19.4 Å². The molecule has 0 aliphatic carbocycles. The van der Waals surface area contributed by atoms with Crippen molar-refractivity contribution in [1.82, 2.24) is 10.2 Å². The normalized spacial score (nSPS) is 21.1. The monoisotopic (exact) mass is 272 g/mol. The van der Waals surface area contributed by atoms with E-state index in [0.717, 1.165) is 12.8 Å². The van der Waals surface area contributed by atoms with Crippen molar-refractivity contribution in [3.05, 3.63) is 0 Å². The van der Waals surface area contributed by atoms with Crippen LogP contribution in [0.15, 0.2) is 0 Å². The fourth-order valence-electron chi connectivity index (χ4n) is 2.11. The van der Waals surface area contributed by atoms with Gasteiger partial charge in [0.25, 0.3) is 0 Å². The molecule has 110 valence electrons. The summed E-state index contributed by atoms with van der Waals surface area (Å²) < 4.78 is 5.10. The minimum Gasteiger partial charge on any atom is -0.444 e. The van der Waals surface area contributed by atoms with Gasteiger partial charge in [-0.3, -0.25) is 4.79 Å². The zero-order chi connectivity index (χ0) is 14.6. The molecule has 2 N–H and O–H groups in total. The van der Waals surface area contributed by atoms with E-state index in [1.807, 2.05) is 0 Å². The Labute approximate surface area is 114 Å². The van der Waals surface area contributed by atoms with Crippen LogP contribution < -0.4 is 5.32 Å². The Hall–Kier alpha value is -1.30. The molecule has 0 spiro atoms. The van der Waals surface area contributed by atoms with Gasteiger partial charge in [0.2, 0.25) is 5.91 Å². The topological polar surface area (TPSA) is 78.9 Å². The fourth-order valence-corrected chi connectivity index (χ4v) is 2.11. The highest BCUT2D eigenvalue weighted by Crippen LogP contribution is 2.17. The van der Waals surface area contributed by atoms with E-state index in [1.165, 1.54) is 0 Å². The third kappa shape index (κ3) is 4.70. The lowest BCUT2D eigenvalue weighted by molar-refractivity contribution is -0.134. The SMILES string of the molecule is C[C@H](NC(=O)OC(C)(C)C)C(=O)N1CCC[C@H]1CO. The zero-order valence-corrected chi connectivity index (χ0v) is 12.1. The molecule has 6 nitrogen and oxygen atoms in total. The van der Waals surface area contributed by atoms with E-state index in [1.54, 1.807) is 32.6 Å². The first-order valence-electron chi connectivity index (χ1n) is 6.65. The lowest BCUT2D eigenvalue weighted by Gasteiger charge is -2.27. The number of rotatable bonds is 3. The molecule has 0 aromatic carbocycles. The first kappa shape index (κ1) is 15.8. The summed E-state index contributed by atoms with van der Waals surface area (Å²) in [6.45, 7) is 7.51. The molecule has 0 aromatic heterocycles. The molecule has 0 saturated carbocycles. The molecule has 1 aliphatic rings. The molecule has 2 amide bonds. The Bertz CT molecular complexity index is 338. The molecule has 0 bridgehead atoms. The van der Waals surface area contributed by atoms with Gasteiger partial charge in [-0.15, -0.1) is 0 Å². The van der Waals surface area contributed by atoms with Crippen molar-refractivity contribution >= 4 is 12.0 Å². The highest BCUT2D eigenvalue weighted by Gasteiger charge is 2.32. The van der Waals surface area contributed by atoms with Crippen LogP contribution in [0.1, 0.15) is 40.5 Å². The van der Waals surface area contributed by atoms with Gasteiger partial charge in [0.15, 0.2) is 0 Å². The lowest BCUT2D eigenvalue weighted by Crippen LogP contribution is -2.50. The molecule has 19 heavy (non-hydrogen) atoms. The average molecular weight is 272 g/mol. The molecule has 1 aliphatic heterocycles. The largest absolute Gasteiger partial charge is 0.444 e. The molecule has 1 fully saturated rings. The smallest absolute Gasteiger partial charge is 0.408 e. The number of likely N-dealkylation sites (tertiary alicyclic amines) is 1. The predicted octanol–water partition coefficient (Wildman–Crippen LogP) is 0.883. The van der Waals surface area contributed by atoms with E-state index < -0.39 is 17.7 Å². The number of carbonyl (C=O) groups is 2. The maximum atomic E-state index is 12.2. The maximum absolute atomic E-state index is 12.2. The Balaban J connectivity index is 2.51.